The van der Waals surface area contributed by atoms with Crippen LogP contribution >= 0.6 is 11.6 Å². The summed E-state index contributed by atoms with van der Waals surface area (Å²) < 4.78 is 30.6. The number of fused-ring (bicyclic) bond motifs is 1. The fourth-order valence-electron chi connectivity index (χ4n) is 4.02. The molecular formula is C29H21ClFN3O5. The number of H-pyrrole nitrogens is 1. The van der Waals surface area contributed by atoms with E-state index in [-0.39, 0.29) is 22.7 Å². The first-order valence-corrected chi connectivity index (χ1v) is 12.2. The number of nitrogens with one attached hydrogen (secondary N) is 2. The van der Waals surface area contributed by atoms with Crippen molar-refractivity contribution in [1.29, 1.82) is 0 Å². The topological polar surface area (TPSA) is 106 Å². The molecule has 10 heteroatoms. The van der Waals surface area contributed by atoms with Crippen molar-refractivity contribution in [2.45, 2.75) is 6.92 Å². The smallest absolute Gasteiger partial charge is 0.379 e. The number of carbonyl (C=O) groups excluding carboxylic acids is 2. The molecule has 196 valence electrons. The molecule has 0 unspecified atom stereocenters. The lowest BCUT2D eigenvalue weighted by Gasteiger charge is -2.10. The maximum Gasteiger partial charge on any atom is 0.379 e. The fraction of sp³-hybridized carbons (Fsp3) is 0.0690. The Hall–Kier alpha value is -4.89. The Balaban J connectivity index is 1.39. The van der Waals surface area contributed by atoms with E-state index in [1.807, 2.05) is 0 Å². The molecule has 39 heavy (non-hydrogen) atoms. The number of nitrogens with zero attached hydrogens (tertiary/aromatic N) is 1. The maximum absolute atomic E-state index is 14.6. The summed E-state index contributed by atoms with van der Waals surface area (Å²) in [6.45, 7) is 2.11. The minimum atomic E-state index is -0.668. The monoisotopic (exact) mass is 545 g/mol. The van der Waals surface area contributed by atoms with Gasteiger partial charge in [0.05, 0.1) is 24.6 Å². The van der Waals surface area contributed by atoms with E-state index in [4.69, 9.17) is 25.5 Å². The van der Waals surface area contributed by atoms with Crippen molar-refractivity contribution in [3.05, 3.63) is 107 Å². The molecular weight excluding hydrogens is 525 g/mol. The van der Waals surface area contributed by atoms with Gasteiger partial charge in [0.2, 0.25) is 5.76 Å². The molecule has 5 rings (SSSR count). The molecule has 2 aromatic heterocycles. The van der Waals surface area contributed by atoms with Gasteiger partial charge in [-0.2, -0.15) is 5.10 Å². The lowest BCUT2D eigenvalue weighted by molar-refractivity contribution is 0.0695. The Kier molecular flexibility index (Phi) is 7.42. The summed E-state index contributed by atoms with van der Waals surface area (Å²) in [5.41, 5.74) is 4.36. The molecule has 0 atom stereocenters. The summed E-state index contributed by atoms with van der Waals surface area (Å²) in [6.07, 6.45) is 2.77. The van der Waals surface area contributed by atoms with E-state index in [2.05, 4.69) is 15.5 Å². The van der Waals surface area contributed by atoms with Gasteiger partial charge in [-0.15, -0.1) is 0 Å². The maximum atomic E-state index is 14.6. The predicted molar refractivity (Wildman–Crippen MR) is 145 cm³/mol. The third kappa shape index (κ3) is 5.39. The van der Waals surface area contributed by atoms with Crippen LogP contribution in [0.4, 0.5) is 4.39 Å². The number of hydrazone groups is 1. The first kappa shape index (κ1) is 25.7. The molecule has 0 spiro atoms. The van der Waals surface area contributed by atoms with Crippen molar-refractivity contribution in [2.24, 2.45) is 5.10 Å². The minimum absolute atomic E-state index is 0.0545. The normalized spacial score (nSPS) is 11.2. The van der Waals surface area contributed by atoms with E-state index >= 15 is 0 Å². The van der Waals surface area contributed by atoms with Crippen LogP contribution in [-0.4, -0.2) is 29.7 Å². The molecule has 0 aliphatic heterocycles. The van der Waals surface area contributed by atoms with Crippen LogP contribution in [0.3, 0.4) is 0 Å². The molecule has 0 fully saturated rings. The Morgan fingerprint density at radius 2 is 1.92 bits per heavy atom. The van der Waals surface area contributed by atoms with Gasteiger partial charge in [0.15, 0.2) is 11.5 Å². The quantitative estimate of drug-likeness (QED) is 0.0988. The van der Waals surface area contributed by atoms with Gasteiger partial charge < -0.3 is 18.9 Å². The summed E-state index contributed by atoms with van der Waals surface area (Å²) in [5.74, 6) is -1.20. The number of esters is 1. The average Bonchev–Trinajstić information content (AvgIpc) is 3.60. The predicted octanol–water partition coefficient (Wildman–Crippen LogP) is 6.60. The van der Waals surface area contributed by atoms with Gasteiger partial charge in [-0.1, -0.05) is 41.9 Å². The van der Waals surface area contributed by atoms with Crippen LogP contribution in [-0.2, 0) is 0 Å². The molecule has 0 saturated carbocycles. The molecule has 3 aromatic carbocycles. The average molecular weight is 546 g/mol. The number of furan rings is 1. The van der Waals surface area contributed by atoms with Crippen molar-refractivity contribution in [3.8, 4) is 22.6 Å². The summed E-state index contributed by atoms with van der Waals surface area (Å²) in [4.78, 5) is 28.3. The van der Waals surface area contributed by atoms with Crippen molar-refractivity contribution < 1.29 is 27.9 Å². The van der Waals surface area contributed by atoms with Crippen LogP contribution in [0.15, 0.2) is 88.6 Å². The fourth-order valence-corrected chi connectivity index (χ4v) is 4.25. The number of aromatic amines is 1. The van der Waals surface area contributed by atoms with Crippen molar-refractivity contribution >= 4 is 40.6 Å². The molecule has 2 heterocycles. The van der Waals surface area contributed by atoms with Gasteiger partial charge in [-0.25, -0.2) is 14.6 Å². The molecule has 1 amide bonds. The third-order valence-electron chi connectivity index (χ3n) is 5.73. The van der Waals surface area contributed by atoms with Crippen LogP contribution in [0, 0.1) is 5.82 Å². The molecule has 0 aliphatic carbocycles. The number of hydrogen-bond donors (Lipinski definition) is 2. The SMILES string of the molecule is CCOc1cc(C=NNC(=O)c2[nH]c3c(F)cccc3c2-c2ccccc2Cl)ccc1OC(=O)c1ccco1. The second-order valence-electron chi connectivity index (χ2n) is 8.22. The van der Waals surface area contributed by atoms with Crippen molar-refractivity contribution in [3.63, 3.8) is 0 Å². The highest BCUT2D eigenvalue weighted by Gasteiger charge is 2.22. The van der Waals surface area contributed by atoms with Crippen LogP contribution in [0.1, 0.15) is 33.5 Å². The van der Waals surface area contributed by atoms with Crippen LogP contribution in [0.25, 0.3) is 22.0 Å². The van der Waals surface area contributed by atoms with Crippen LogP contribution in [0.2, 0.25) is 5.02 Å². The van der Waals surface area contributed by atoms with E-state index in [0.717, 1.165) is 0 Å². The molecule has 0 bridgehead atoms. The van der Waals surface area contributed by atoms with E-state index in [9.17, 15) is 14.0 Å². The Labute approximate surface area is 227 Å². The number of para-hydroxylation sites is 1. The van der Waals surface area contributed by atoms with Gasteiger partial charge in [0.25, 0.3) is 5.91 Å². The van der Waals surface area contributed by atoms with Crippen molar-refractivity contribution in [2.75, 3.05) is 6.61 Å². The van der Waals surface area contributed by atoms with E-state index < -0.39 is 17.7 Å². The lowest BCUT2D eigenvalue weighted by atomic mass is 10.0. The number of ether oxygens (including phenoxy) is 2. The summed E-state index contributed by atoms with van der Waals surface area (Å²) in [5, 5.41) is 4.98. The second-order valence-corrected chi connectivity index (χ2v) is 8.63. The number of hydrogen-bond acceptors (Lipinski definition) is 6. The Bertz CT molecular complexity index is 1690. The number of benzene rings is 3. The largest absolute Gasteiger partial charge is 0.490 e. The van der Waals surface area contributed by atoms with Gasteiger partial charge in [0, 0.05) is 21.5 Å². The number of carbonyl (C=O) groups is 2. The third-order valence-corrected chi connectivity index (χ3v) is 6.06. The number of rotatable bonds is 8. The zero-order chi connectivity index (χ0) is 27.4. The van der Waals surface area contributed by atoms with E-state index in [1.54, 1.807) is 67.6 Å². The summed E-state index contributed by atoms with van der Waals surface area (Å²) >= 11 is 6.41. The first-order valence-electron chi connectivity index (χ1n) is 11.9. The standard InChI is InChI=1S/C29H21ClFN3O5/c1-2-37-24-15-17(12-13-22(24)39-29(36)23-11-6-14-38-23)16-32-34-28(35)27-25(18-7-3-4-9-20(18)30)19-8-5-10-21(31)26(19)33-27/h3-16,33H,2H2,1H3,(H,34,35). The minimum Gasteiger partial charge on any atom is -0.490 e. The highest BCUT2D eigenvalue weighted by atomic mass is 35.5. The molecule has 2 N–H and O–H groups in total. The van der Waals surface area contributed by atoms with Crippen LogP contribution < -0.4 is 14.9 Å². The highest BCUT2D eigenvalue weighted by molar-refractivity contribution is 6.34. The Morgan fingerprint density at radius 1 is 1.08 bits per heavy atom. The molecule has 0 saturated heterocycles. The highest BCUT2D eigenvalue weighted by Crippen LogP contribution is 2.37. The van der Waals surface area contributed by atoms with Gasteiger partial charge >= 0.3 is 5.97 Å². The number of aromatic nitrogens is 1. The lowest BCUT2D eigenvalue weighted by Crippen LogP contribution is -2.19. The second kappa shape index (κ2) is 11.2. The van der Waals surface area contributed by atoms with E-state index in [0.29, 0.717) is 39.5 Å². The Morgan fingerprint density at radius 3 is 2.69 bits per heavy atom. The van der Waals surface area contributed by atoms with Gasteiger partial charge in [-0.3, -0.25) is 4.79 Å². The van der Waals surface area contributed by atoms with Gasteiger partial charge in [-0.05, 0) is 55.0 Å². The van der Waals surface area contributed by atoms with Crippen molar-refractivity contribution in [1.82, 2.24) is 10.4 Å². The summed E-state index contributed by atoms with van der Waals surface area (Å²) in [6, 6.07) is 19.4. The first-order chi connectivity index (χ1) is 19.0. The van der Waals surface area contributed by atoms with Gasteiger partial charge in [0.1, 0.15) is 11.5 Å². The zero-order valence-corrected chi connectivity index (χ0v) is 21.3. The van der Waals surface area contributed by atoms with Crippen LogP contribution in [0.5, 0.6) is 11.5 Å². The molecule has 5 aromatic rings. The molecule has 0 radical (unpaired) electrons. The zero-order valence-electron chi connectivity index (χ0n) is 20.5. The van der Waals surface area contributed by atoms with E-state index in [1.165, 1.54) is 24.6 Å². The summed E-state index contributed by atoms with van der Waals surface area (Å²) in [7, 11) is 0. The number of amides is 1. The number of halogens is 2. The molecule has 8 nitrogen and oxygen atoms in total. The molecule has 0 aliphatic rings.